The molecular weight excluding hydrogens is 390 g/mol. The zero-order valence-corrected chi connectivity index (χ0v) is 16.5. The molecule has 9 heteroatoms. The smallest absolute Gasteiger partial charge is 0.246 e. The van der Waals surface area contributed by atoms with Gasteiger partial charge in [0.1, 0.15) is 0 Å². The standard InChI is InChI=1S/C17H16ClN5OS2/c1-10-5-3-4-6-13(10)21-17-22-16(18)14(26-17)8-19-23-15(24)7-12-9-25-11(2)20-12/h3-6,8-9H,7H2,1-2H3,(H,21,22)(H,23,24)/b19-8+. The first-order chi connectivity index (χ1) is 12.5. The van der Waals surface area contributed by atoms with Crippen molar-refractivity contribution in [3.05, 3.63) is 55.9 Å². The molecule has 6 nitrogen and oxygen atoms in total. The summed E-state index contributed by atoms with van der Waals surface area (Å²) in [5.74, 6) is -0.231. The molecule has 2 heterocycles. The molecule has 0 atom stereocenters. The molecular formula is C17H16ClN5OS2. The van der Waals surface area contributed by atoms with Crippen LogP contribution in [0.1, 0.15) is 21.1 Å². The number of amides is 1. The quantitative estimate of drug-likeness (QED) is 0.473. The van der Waals surface area contributed by atoms with Crippen molar-refractivity contribution in [3.8, 4) is 0 Å². The zero-order valence-electron chi connectivity index (χ0n) is 14.1. The highest BCUT2D eigenvalue weighted by molar-refractivity contribution is 7.17. The van der Waals surface area contributed by atoms with E-state index in [9.17, 15) is 4.79 Å². The van der Waals surface area contributed by atoms with E-state index in [0.29, 0.717) is 15.2 Å². The summed E-state index contributed by atoms with van der Waals surface area (Å²) in [6.07, 6.45) is 1.69. The van der Waals surface area contributed by atoms with Gasteiger partial charge in [0, 0.05) is 11.1 Å². The van der Waals surface area contributed by atoms with Crippen molar-refractivity contribution in [2.24, 2.45) is 5.10 Å². The van der Waals surface area contributed by atoms with Gasteiger partial charge < -0.3 is 5.32 Å². The number of thiazole rings is 2. The summed E-state index contributed by atoms with van der Waals surface area (Å²) in [5.41, 5.74) is 5.29. The summed E-state index contributed by atoms with van der Waals surface area (Å²) < 4.78 is 0. The molecule has 0 spiro atoms. The highest BCUT2D eigenvalue weighted by atomic mass is 35.5. The number of nitrogens with zero attached hydrogens (tertiary/aromatic N) is 3. The molecule has 1 aromatic carbocycles. The number of aromatic nitrogens is 2. The van der Waals surface area contributed by atoms with Gasteiger partial charge in [-0.15, -0.1) is 11.3 Å². The summed E-state index contributed by atoms with van der Waals surface area (Å²) in [5, 5.41) is 11.0. The summed E-state index contributed by atoms with van der Waals surface area (Å²) in [6, 6.07) is 7.91. The predicted octanol–water partition coefficient (Wildman–Crippen LogP) is 4.31. The third-order valence-corrected chi connectivity index (χ3v) is 5.50. The first-order valence-corrected chi connectivity index (χ1v) is 9.80. The summed E-state index contributed by atoms with van der Waals surface area (Å²) in [6.45, 7) is 3.91. The zero-order chi connectivity index (χ0) is 18.5. The Morgan fingerprint density at radius 1 is 1.31 bits per heavy atom. The van der Waals surface area contributed by atoms with Gasteiger partial charge in [0.2, 0.25) is 5.91 Å². The SMILES string of the molecule is Cc1nc(CC(=O)N/N=C/c2sc(Nc3ccccc3C)nc2Cl)cs1. The van der Waals surface area contributed by atoms with Crippen molar-refractivity contribution in [2.45, 2.75) is 20.3 Å². The second-order valence-corrected chi connectivity index (χ2v) is 7.89. The van der Waals surface area contributed by atoms with Gasteiger partial charge in [-0.3, -0.25) is 4.79 Å². The normalized spacial score (nSPS) is 11.0. The van der Waals surface area contributed by atoms with Gasteiger partial charge in [-0.2, -0.15) is 5.10 Å². The highest BCUT2D eigenvalue weighted by Gasteiger charge is 2.09. The summed E-state index contributed by atoms with van der Waals surface area (Å²) in [4.78, 5) is 21.0. The maximum Gasteiger partial charge on any atom is 0.246 e. The molecule has 134 valence electrons. The van der Waals surface area contributed by atoms with Gasteiger partial charge in [-0.05, 0) is 25.5 Å². The van der Waals surface area contributed by atoms with E-state index in [1.54, 1.807) is 0 Å². The number of hydrogen-bond acceptors (Lipinski definition) is 7. The maximum absolute atomic E-state index is 11.9. The Morgan fingerprint density at radius 2 is 2.12 bits per heavy atom. The number of nitrogens with one attached hydrogen (secondary N) is 2. The van der Waals surface area contributed by atoms with Crippen molar-refractivity contribution >= 4 is 57.2 Å². The number of halogens is 1. The van der Waals surface area contributed by atoms with Crippen LogP contribution in [0, 0.1) is 13.8 Å². The lowest BCUT2D eigenvalue weighted by Gasteiger charge is -2.05. The molecule has 0 radical (unpaired) electrons. The third-order valence-electron chi connectivity index (χ3n) is 3.38. The number of carbonyl (C=O) groups is 1. The van der Waals surface area contributed by atoms with Crippen LogP contribution in [0.4, 0.5) is 10.8 Å². The number of anilines is 2. The molecule has 0 saturated carbocycles. The van der Waals surface area contributed by atoms with E-state index in [-0.39, 0.29) is 12.3 Å². The molecule has 3 rings (SSSR count). The van der Waals surface area contributed by atoms with Gasteiger partial charge in [0.15, 0.2) is 10.3 Å². The molecule has 2 aromatic heterocycles. The van der Waals surface area contributed by atoms with Crippen LogP contribution >= 0.6 is 34.3 Å². The van der Waals surface area contributed by atoms with E-state index in [2.05, 4.69) is 25.8 Å². The molecule has 0 unspecified atom stereocenters. The minimum atomic E-state index is -0.231. The van der Waals surface area contributed by atoms with Crippen LogP contribution in [-0.4, -0.2) is 22.1 Å². The maximum atomic E-state index is 11.9. The van der Waals surface area contributed by atoms with Gasteiger partial charge in [0.05, 0.1) is 28.2 Å². The van der Waals surface area contributed by atoms with E-state index < -0.39 is 0 Å². The van der Waals surface area contributed by atoms with E-state index in [1.165, 1.54) is 28.9 Å². The lowest BCUT2D eigenvalue weighted by molar-refractivity contribution is -0.120. The molecule has 2 N–H and O–H groups in total. The van der Waals surface area contributed by atoms with Crippen LogP contribution < -0.4 is 10.7 Å². The number of hydrazone groups is 1. The lowest BCUT2D eigenvalue weighted by Crippen LogP contribution is -2.19. The highest BCUT2D eigenvalue weighted by Crippen LogP contribution is 2.28. The Kier molecular flexibility index (Phi) is 5.97. The largest absolute Gasteiger partial charge is 0.331 e. The third kappa shape index (κ3) is 4.87. The minimum Gasteiger partial charge on any atom is -0.331 e. The topological polar surface area (TPSA) is 79.3 Å². The lowest BCUT2D eigenvalue weighted by atomic mass is 10.2. The van der Waals surface area contributed by atoms with Crippen LogP contribution in [0.2, 0.25) is 5.15 Å². The second kappa shape index (κ2) is 8.39. The monoisotopic (exact) mass is 405 g/mol. The Hall–Kier alpha value is -2.29. The first kappa shape index (κ1) is 18.5. The molecule has 0 aliphatic rings. The first-order valence-electron chi connectivity index (χ1n) is 7.73. The number of para-hydroxylation sites is 1. The van der Waals surface area contributed by atoms with Gasteiger partial charge in [-0.25, -0.2) is 15.4 Å². The van der Waals surface area contributed by atoms with E-state index >= 15 is 0 Å². The molecule has 3 aromatic rings. The molecule has 0 fully saturated rings. The van der Waals surface area contributed by atoms with Crippen molar-refractivity contribution in [3.63, 3.8) is 0 Å². The van der Waals surface area contributed by atoms with Crippen molar-refractivity contribution in [1.29, 1.82) is 0 Å². The van der Waals surface area contributed by atoms with Gasteiger partial charge >= 0.3 is 0 Å². The Labute approximate surface area is 164 Å². The molecule has 0 aliphatic heterocycles. The van der Waals surface area contributed by atoms with E-state index in [0.717, 1.165) is 22.0 Å². The Bertz CT molecular complexity index is 950. The fraction of sp³-hybridized carbons (Fsp3) is 0.176. The summed E-state index contributed by atoms with van der Waals surface area (Å²) in [7, 11) is 0. The van der Waals surface area contributed by atoms with Crippen molar-refractivity contribution in [1.82, 2.24) is 15.4 Å². The minimum absolute atomic E-state index is 0.193. The van der Waals surface area contributed by atoms with Crippen molar-refractivity contribution in [2.75, 3.05) is 5.32 Å². The number of benzene rings is 1. The number of aryl methyl sites for hydroxylation is 2. The number of carbonyl (C=O) groups excluding carboxylic acids is 1. The number of rotatable bonds is 6. The Balaban J connectivity index is 1.59. The molecule has 0 saturated heterocycles. The molecule has 1 amide bonds. The van der Waals surface area contributed by atoms with Gasteiger partial charge in [0.25, 0.3) is 0 Å². The summed E-state index contributed by atoms with van der Waals surface area (Å²) >= 11 is 9.01. The van der Waals surface area contributed by atoms with Gasteiger partial charge in [-0.1, -0.05) is 41.1 Å². The van der Waals surface area contributed by atoms with E-state index in [4.69, 9.17) is 11.6 Å². The average Bonchev–Trinajstić information content (AvgIpc) is 3.15. The van der Waals surface area contributed by atoms with Crippen LogP contribution in [0.5, 0.6) is 0 Å². The fourth-order valence-corrected chi connectivity index (χ4v) is 3.78. The fourth-order valence-electron chi connectivity index (χ4n) is 2.13. The van der Waals surface area contributed by atoms with Crippen LogP contribution in [0.15, 0.2) is 34.7 Å². The molecule has 26 heavy (non-hydrogen) atoms. The van der Waals surface area contributed by atoms with Crippen LogP contribution in [0.3, 0.4) is 0 Å². The predicted molar refractivity (Wildman–Crippen MR) is 108 cm³/mol. The molecule has 0 bridgehead atoms. The van der Waals surface area contributed by atoms with E-state index in [1.807, 2.05) is 43.5 Å². The molecule has 0 aliphatic carbocycles. The van der Waals surface area contributed by atoms with Crippen molar-refractivity contribution < 1.29 is 4.79 Å². The average molecular weight is 406 g/mol. The Morgan fingerprint density at radius 3 is 2.85 bits per heavy atom. The second-order valence-electron chi connectivity index (χ2n) is 5.44. The van der Waals surface area contributed by atoms with Crippen LogP contribution in [0.25, 0.3) is 0 Å². The number of hydrogen-bond donors (Lipinski definition) is 2. The van der Waals surface area contributed by atoms with Crippen LogP contribution in [-0.2, 0) is 11.2 Å².